The number of hydrogen-bond donors (Lipinski definition) is 0. The first-order chi connectivity index (χ1) is 10.2. The van der Waals surface area contributed by atoms with Gasteiger partial charge in [-0.05, 0) is 56.7 Å². The summed E-state index contributed by atoms with van der Waals surface area (Å²) in [5, 5.41) is 1.12. The van der Waals surface area contributed by atoms with Crippen molar-refractivity contribution >= 4 is 10.9 Å². The Bertz CT molecular complexity index is 789. The molecule has 3 nitrogen and oxygen atoms in total. The smallest absolute Gasteiger partial charge is 0.187 e. The van der Waals surface area contributed by atoms with Crippen LogP contribution in [0.2, 0.25) is 0 Å². The van der Waals surface area contributed by atoms with E-state index in [1.54, 1.807) is 6.07 Å². The molecule has 0 fully saturated rings. The van der Waals surface area contributed by atoms with Gasteiger partial charge in [-0.15, -0.1) is 0 Å². The van der Waals surface area contributed by atoms with E-state index in [1.807, 2.05) is 24.3 Å². The molecule has 0 amide bonds. The fourth-order valence-corrected chi connectivity index (χ4v) is 2.84. The molecule has 0 aromatic heterocycles. The molecule has 1 aliphatic heterocycles. The molecular weight excluding hydrogens is 260 g/mol. The van der Waals surface area contributed by atoms with Gasteiger partial charge >= 0.3 is 0 Å². The van der Waals surface area contributed by atoms with E-state index >= 15 is 0 Å². The highest BCUT2D eigenvalue weighted by Gasteiger charge is 2.12. The maximum absolute atomic E-state index is 12.1. The van der Waals surface area contributed by atoms with Crippen molar-refractivity contribution < 1.29 is 0 Å². The number of aromatic nitrogens is 1. The molecule has 0 saturated carbocycles. The summed E-state index contributed by atoms with van der Waals surface area (Å²) in [5.41, 5.74) is 3.12. The lowest BCUT2D eigenvalue weighted by atomic mass is 10.0. The minimum absolute atomic E-state index is 0.0969. The van der Waals surface area contributed by atoms with Crippen LogP contribution >= 0.6 is 0 Å². The Morgan fingerprint density at radius 3 is 2.67 bits per heavy atom. The zero-order valence-corrected chi connectivity index (χ0v) is 12.5. The van der Waals surface area contributed by atoms with E-state index in [0.29, 0.717) is 0 Å². The van der Waals surface area contributed by atoms with Crippen molar-refractivity contribution in [3.63, 3.8) is 0 Å². The second-order valence-electron chi connectivity index (χ2n) is 5.70. The second-order valence-corrected chi connectivity index (χ2v) is 5.70. The summed E-state index contributed by atoms with van der Waals surface area (Å²) in [6.07, 6.45) is 1.06. The molecule has 1 aromatic carbocycles. The van der Waals surface area contributed by atoms with Gasteiger partial charge in [0.25, 0.3) is 0 Å². The molecule has 1 aliphatic carbocycles. The normalized spacial score (nSPS) is 11.6. The van der Waals surface area contributed by atoms with E-state index in [4.69, 9.17) is 0 Å². The van der Waals surface area contributed by atoms with Gasteiger partial charge in [-0.2, -0.15) is 0 Å². The van der Waals surface area contributed by atoms with Crippen molar-refractivity contribution in [1.82, 2.24) is 9.47 Å². The van der Waals surface area contributed by atoms with Gasteiger partial charge in [0.05, 0.1) is 5.69 Å². The highest BCUT2D eigenvalue weighted by atomic mass is 16.1. The fraction of sp³-hybridized carbons (Fsp3) is 0.278. The van der Waals surface area contributed by atoms with Crippen molar-refractivity contribution in [3.05, 3.63) is 58.8 Å². The van der Waals surface area contributed by atoms with Crippen LogP contribution in [0.4, 0.5) is 0 Å². The first kappa shape index (κ1) is 13.8. The Morgan fingerprint density at radius 2 is 1.86 bits per heavy atom. The standard InChI is InChI=1S/C18H20N2O/c1-19(2)11-6-12-20-16-8-4-3-7-14(16)13-15-17(20)9-5-10-18(15)21/h3-5,7-10,13H,6,11-12H2,1-2H3. The third kappa shape index (κ3) is 2.69. The molecule has 1 heterocycles. The first-order valence-electron chi connectivity index (χ1n) is 7.33. The summed E-state index contributed by atoms with van der Waals surface area (Å²) in [6.45, 7) is 1.95. The highest BCUT2D eigenvalue weighted by molar-refractivity contribution is 5.86. The first-order valence-corrected chi connectivity index (χ1v) is 7.33. The van der Waals surface area contributed by atoms with Crippen LogP contribution in [0.1, 0.15) is 6.42 Å². The summed E-state index contributed by atoms with van der Waals surface area (Å²) in [6, 6.07) is 15.8. The minimum Gasteiger partial charge on any atom is -0.340 e. The Balaban J connectivity index is 2.17. The van der Waals surface area contributed by atoms with Crippen LogP contribution in [0.15, 0.2) is 53.3 Å². The van der Waals surface area contributed by atoms with Crippen molar-refractivity contribution in [2.45, 2.75) is 13.0 Å². The molecule has 108 valence electrons. The Kier molecular flexibility index (Phi) is 3.76. The number of benzene rings is 2. The van der Waals surface area contributed by atoms with Crippen molar-refractivity contribution in [1.29, 1.82) is 0 Å². The lowest BCUT2D eigenvalue weighted by molar-refractivity contribution is 0.388. The Hall–Kier alpha value is -2.13. The Morgan fingerprint density at radius 1 is 1.05 bits per heavy atom. The van der Waals surface area contributed by atoms with Gasteiger partial charge in [0.2, 0.25) is 0 Å². The molecule has 0 spiro atoms. The van der Waals surface area contributed by atoms with Gasteiger partial charge in [-0.3, -0.25) is 4.79 Å². The summed E-state index contributed by atoms with van der Waals surface area (Å²) in [5.74, 6) is 0. The van der Waals surface area contributed by atoms with Crippen LogP contribution in [0.5, 0.6) is 0 Å². The molecular formula is C18H20N2O. The molecule has 0 radical (unpaired) electrons. The van der Waals surface area contributed by atoms with E-state index in [0.717, 1.165) is 36.2 Å². The SMILES string of the molecule is CN(C)CCCn1c2cccc(=O)c-2cc2ccccc21. The van der Waals surface area contributed by atoms with E-state index < -0.39 is 0 Å². The minimum atomic E-state index is 0.0969. The summed E-state index contributed by atoms with van der Waals surface area (Å²) in [7, 11) is 4.17. The molecule has 0 saturated heterocycles. The van der Waals surface area contributed by atoms with Crippen LogP contribution in [0, 0.1) is 0 Å². The fourth-order valence-electron chi connectivity index (χ4n) is 2.84. The van der Waals surface area contributed by atoms with Gasteiger partial charge in [0.1, 0.15) is 0 Å². The molecule has 0 unspecified atom stereocenters. The predicted molar refractivity (Wildman–Crippen MR) is 88.0 cm³/mol. The van der Waals surface area contributed by atoms with Gasteiger partial charge in [-0.1, -0.05) is 24.3 Å². The second kappa shape index (κ2) is 5.70. The third-order valence-electron chi connectivity index (χ3n) is 3.85. The van der Waals surface area contributed by atoms with Gasteiger partial charge in [0.15, 0.2) is 5.43 Å². The van der Waals surface area contributed by atoms with Crippen LogP contribution in [-0.2, 0) is 6.54 Å². The number of para-hydroxylation sites is 1. The van der Waals surface area contributed by atoms with E-state index in [2.05, 4.69) is 41.8 Å². The van der Waals surface area contributed by atoms with E-state index in [-0.39, 0.29) is 5.43 Å². The molecule has 2 aliphatic rings. The maximum Gasteiger partial charge on any atom is 0.187 e. The largest absolute Gasteiger partial charge is 0.340 e. The monoisotopic (exact) mass is 280 g/mol. The topological polar surface area (TPSA) is 25.2 Å². The highest BCUT2D eigenvalue weighted by Crippen LogP contribution is 2.26. The Labute approximate surface area is 124 Å². The van der Waals surface area contributed by atoms with E-state index in [9.17, 15) is 4.79 Å². The average molecular weight is 280 g/mol. The van der Waals surface area contributed by atoms with Crippen LogP contribution in [0.25, 0.3) is 22.2 Å². The lowest BCUT2D eigenvalue weighted by Gasteiger charge is -2.19. The molecule has 21 heavy (non-hydrogen) atoms. The predicted octanol–water partition coefficient (Wildman–Crippen LogP) is 3.06. The zero-order chi connectivity index (χ0) is 14.8. The lowest BCUT2D eigenvalue weighted by Crippen LogP contribution is -2.17. The molecule has 1 aromatic rings. The third-order valence-corrected chi connectivity index (χ3v) is 3.85. The summed E-state index contributed by atoms with van der Waals surface area (Å²) >= 11 is 0. The number of pyridine rings is 1. The number of aryl methyl sites for hydroxylation is 1. The molecule has 0 atom stereocenters. The quantitative estimate of drug-likeness (QED) is 0.686. The number of hydrogen-bond acceptors (Lipinski definition) is 2. The van der Waals surface area contributed by atoms with Crippen LogP contribution in [-0.4, -0.2) is 30.1 Å². The maximum atomic E-state index is 12.1. The van der Waals surface area contributed by atoms with Crippen molar-refractivity contribution in [2.75, 3.05) is 20.6 Å². The molecule has 3 rings (SSSR count). The van der Waals surface area contributed by atoms with Gasteiger partial charge in [-0.25, -0.2) is 0 Å². The van der Waals surface area contributed by atoms with E-state index in [1.165, 1.54) is 5.52 Å². The summed E-state index contributed by atoms with van der Waals surface area (Å²) < 4.78 is 2.27. The number of rotatable bonds is 4. The van der Waals surface area contributed by atoms with Crippen molar-refractivity contribution in [2.24, 2.45) is 0 Å². The number of nitrogens with zero attached hydrogens (tertiary/aromatic N) is 2. The summed E-state index contributed by atoms with van der Waals surface area (Å²) in [4.78, 5) is 14.3. The molecule has 3 heteroatoms. The van der Waals surface area contributed by atoms with Crippen LogP contribution in [0.3, 0.4) is 0 Å². The molecule has 0 N–H and O–H groups in total. The van der Waals surface area contributed by atoms with Crippen LogP contribution < -0.4 is 5.43 Å². The van der Waals surface area contributed by atoms with Gasteiger partial charge < -0.3 is 9.47 Å². The van der Waals surface area contributed by atoms with Crippen molar-refractivity contribution in [3.8, 4) is 11.3 Å². The zero-order valence-electron chi connectivity index (χ0n) is 12.5. The average Bonchev–Trinajstić information content (AvgIpc) is 2.47. The van der Waals surface area contributed by atoms with Gasteiger partial charge in [0, 0.05) is 17.6 Å². The molecule has 0 bridgehead atoms. The number of fused-ring (bicyclic) bond motifs is 2.